The maximum Gasteiger partial charge on any atom is 0.163 e. The van der Waals surface area contributed by atoms with E-state index in [0.29, 0.717) is 41.0 Å². The van der Waals surface area contributed by atoms with Crippen LogP contribution in [-0.4, -0.2) is 13.2 Å². The number of hydrogen-bond donors (Lipinski definition) is 1. The first-order valence-corrected chi connectivity index (χ1v) is 7.13. The maximum atomic E-state index is 13.8. The van der Waals surface area contributed by atoms with Crippen molar-refractivity contribution in [2.24, 2.45) is 0 Å². The van der Waals surface area contributed by atoms with Crippen molar-refractivity contribution in [3.05, 3.63) is 52.8 Å². The quantitative estimate of drug-likeness (QED) is 0.910. The highest BCUT2D eigenvalue weighted by Gasteiger charge is 2.17. The fourth-order valence-electron chi connectivity index (χ4n) is 2.31. The summed E-state index contributed by atoms with van der Waals surface area (Å²) in [4.78, 5) is 0. The lowest BCUT2D eigenvalue weighted by atomic mass is 10.1. The van der Waals surface area contributed by atoms with Crippen molar-refractivity contribution in [1.29, 1.82) is 0 Å². The van der Waals surface area contributed by atoms with Crippen LogP contribution < -0.4 is 14.8 Å². The van der Waals surface area contributed by atoms with E-state index in [9.17, 15) is 4.39 Å². The van der Waals surface area contributed by atoms with E-state index in [4.69, 9.17) is 21.1 Å². The summed E-state index contributed by atoms with van der Waals surface area (Å²) in [6, 6.07) is 9.95. The predicted molar refractivity (Wildman–Crippen MR) is 80.9 cm³/mol. The first-order chi connectivity index (χ1) is 10.1. The van der Waals surface area contributed by atoms with Crippen molar-refractivity contribution >= 4 is 17.3 Å². The van der Waals surface area contributed by atoms with Gasteiger partial charge in [-0.2, -0.15) is 0 Å². The molecule has 21 heavy (non-hydrogen) atoms. The Hall–Kier alpha value is -1.94. The van der Waals surface area contributed by atoms with Crippen molar-refractivity contribution in [2.75, 3.05) is 18.5 Å². The minimum absolute atomic E-state index is 0.216. The molecule has 1 unspecified atom stereocenters. The van der Waals surface area contributed by atoms with Crippen LogP contribution in [0.3, 0.4) is 0 Å². The second-order valence-electron chi connectivity index (χ2n) is 4.86. The highest BCUT2D eigenvalue weighted by Crippen LogP contribution is 2.39. The van der Waals surface area contributed by atoms with Gasteiger partial charge in [0.25, 0.3) is 0 Å². The lowest BCUT2D eigenvalue weighted by Crippen LogP contribution is -2.16. The van der Waals surface area contributed by atoms with E-state index in [2.05, 4.69) is 5.32 Å². The number of ether oxygens (including phenoxy) is 2. The lowest BCUT2D eigenvalue weighted by Gasteiger charge is -2.22. The number of anilines is 1. The van der Waals surface area contributed by atoms with Gasteiger partial charge in [-0.1, -0.05) is 29.8 Å². The molecule has 2 aromatic carbocycles. The molecule has 0 radical (unpaired) electrons. The van der Waals surface area contributed by atoms with E-state index in [1.165, 1.54) is 6.07 Å². The number of nitrogens with one attached hydrogen (secondary N) is 1. The molecule has 0 saturated carbocycles. The van der Waals surface area contributed by atoms with Gasteiger partial charge in [-0.15, -0.1) is 0 Å². The molecular formula is C16H15ClFNO2. The third-order valence-electron chi connectivity index (χ3n) is 3.38. The van der Waals surface area contributed by atoms with E-state index in [0.717, 1.165) is 0 Å². The highest BCUT2D eigenvalue weighted by molar-refractivity contribution is 6.33. The molecular weight excluding hydrogens is 293 g/mol. The van der Waals surface area contributed by atoms with Crippen LogP contribution in [-0.2, 0) is 0 Å². The standard InChI is InChI=1S/C16H15ClFNO2/c1-10(11-4-2-3-5-13(11)18)19-14-9-16-15(8-12(14)17)20-6-7-21-16/h2-5,8-10,19H,6-7H2,1H3. The van der Waals surface area contributed by atoms with Crippen molar-refractivity contribution < 1.29 is 13.9 Å². The molecule has 1 atom stereocenters. The van der Waals surface area contributed by atoms with Crippen molar-refractivity contribution in [3.8, 4) is 11.5 Å². The second-order valence-corrected chi connectivity index (χ2v) is 5.27. The summed E-state index contributed by atoms with van der Waals surface area (Å²) in [5.74, 6) is 1.04. The van der Waals surface area contributed by atoms with Gasteiger partial charge in [0.1, 0.15) is 19.0 Å². The van der Waals surface area contributed by atoms with Crippen LogP contribution in [0.4, 0.5) is 10.1 Å². The monoisotopic (exact) mass is 307 g/mol. The zero-order chi connectivity index (χ0) is 14.8. The molecule has 0 amide bonds. The van der Waals surface area contributed by atoms with E-state index in [-0.39, 0.29) is 11.9 Å². The summed E-state index contributed by atoms with van der Waals surface area (Å²) < 4.78 is 24.8. The smallest absolute Gasteiger partial charge is 0.163 e. The SMILES string of the molecule is CC(Nc1cc2c(cc1Cl)OCCO2)c1ccccc1F. The molecule has 0 fully saturated rings. The third kappa shape index (κ3) is 2.90. The molecule has 0 spiro atoms. The van der Waals surface area contributed by atoms with Gasteiger partial charge in [-0.3, -0.25) is 0 Å². The lowest BCUT2D eigenvalue weighted by molar-refractivity contribution is 0.171. The van der Waals surface area contributed by atoms with Gasteiger partial charge in [-0.05, 0) is 13.0 Å². The Morgan fingerprint density at radius 1 is 1.14 bits per heavy atom. The summed E-state index contributed by atoms with van der Waals surface area (Å²) in [5, 5.41) is 3.73. The summed E-state index contributed by atoms with van der Waals surface area (Å²) in [5.41, 5.74) is 1.28. The van der Waals surface area contributed by atoms with Gasteiger partial charge in [0.05, 0.1) is 16.8 Å². The summed E-state index contributed by atoms with van der Waals surface area (Å²) in [6.45, 7) is 2.91. The fourth-order valence-corrected chi connectivity index (χ4v) is 2.52. The van der Waals surface area contributed by atoms with Crippen molar-refractivity contribution in [2.45, 2.75) is 13.0 Å². The Bertz CT molecular complexity index is 663. The van der Waals surface area contributed by atoms with Crippen LogP contribution in [0.5, 0.6) is 11.5 Å². The van der Waals surface area contributed by atoms with Gasteiger partial charge in [0.2, 0.25) is 0 Å². The number of fused-ring (bicyclic) bond motifs is 1. The first-order valence-electron chi connectivity index (χ1n) is 6.75. The van der Waals surface area contributed by atoms with E-state index in [1.807, 2.05) is 13.0 Å². The van der Waals surface area contributed by atoms with E-state index >= 15 is 0 Å². The molecule has 3 rings (SSSR count). The normalized spacial score (nSPS) is 14.6. The van der Waals surface area contributed by atoms with E-state index in [1.54, 1.807) is 24.3 Å². The number of rotatable bonds is 3. The average Bonchev–Trinajstić information content (AvgIpc) is 2.48. The zero-order valence-electron chi connectivity index (χ0n) is 11.5. The molecule has 1 N–H and O–H groups in total. The Morgan fingerprint density at radius 3 is 2.52 bits per heavy atom. The molecule has 0 saturated heterocycles. The summed E-state index contributed by atoms with van der Waals surface area (Å²) >= 11 is 6.24. The topological polar surface area (TPSA) is 30.5 Å². The van der Waals surface area contributed by atoms with Crippen LogP contribution in [0.15, 0.2) is 36.4 Å². The third-order valence-corrected chi connectivity index (χ3v) is 3.69. The molecule has 2 aromatic rings. The Morgan fingerprint density at radius 2 is 1.81 bits per heavy atom. The van der Waals surface area contributed by atoms with Crippen LogP contribution >= 0.6 is 11.6 Å². The molecule has 3 nitrogen and oxygen atoms in total. The second kappa shape index (κ2) is 5.82. The summed E-state index contributed by atoms with van der Waals surface area (Å²) in [6.07, 6.45) is 0. The predicted octanol–water partition coefficient (Wildman–Crippen LogP) is 4.42. The Kier molecular flexibility index (Phi) is 3.88. The largest absolute Gasteiger partial charge is 0.486 e. The van der Waals surface area contributed by atoms with Crippen LogP contribution in [0, 0.1) is 5.82 Å². The first kappa shape index (κ1) is 14.0. The Balaban J connectivity index is 1.86. The molecule has 5 heteroatoms. The van der Waals surface area contributed by atoms with Crippen LogP contribution in [0.2, 0.25) is 5.02 Å². The number of halogens is 2. The van der Waals surface area contributed by atoms with Crippen LogP contribution in [0.25, 0.3) is 0 Å². The highest BCUT2D eigenvalue weighted by atomic mass is 35.5. The minimum atomic E-state index is -0.244. The van der Waals surface area contributed by atoms with Crippen molar-refractivity contribution in [3.63, 3.8) is 0 Å². The minimum Gasteiger partial charge on any atom is -0.486 e. The van der Waals surface area contributed by atoms with Gasteiger partial charge in [0.15, 0.2) is 11.5 Å². The zero-order valence-corrected chi connectivity index (χ0v) is 12.3. The van der Waals surface area contributed by atoms with Crippen molar-refractivity contribution in [1.82, 2.24) is 0 Å². The van der Waals surface area contributed by atoms with Gasteiger partial charge in [-0.25, -0.2) is 4.39 Å². The average molecular weight is 308 g/mol. The number of benzene rings is 2. The molecule has 110 valence electrons. The molecule has 1 aliphatic heterocycles. The summed E-state index contributed by atoms with van der Waals surface area (Å²) in [7, 11) is 0. The Labute approximate surface area is 127 Å². The van der Waals surface area contributed by atoms with Crippen LogP contribution in [0.1, 0.15) is 18.5 Å². The van der Waals surface area contributed by atoms with Gasteiger partial charge in [0, 0.05) is 17.7 Å². The maximum absolute atomic E-state index is 13.8. The molecule has 1 heterocycles. The number of hydrogen-bond acceptors (Lipinski definition) is 3. The fraction of sp³-hybridized carbons (Fsp3) is 0.250. The molecule has 0 aromatic heterocycles. The molecule has 0 aliphatic carbocycles. The molecule has 1 aliphatic rings. The van der Waals surface area contributed by atoms with Gasteiger partial charge < -0.3 is 14.8 Å². The van der Waals surface area contributed by atoms with E-state index < -0.39 is 0 Å². The molecule has 0 bridgehead atoms. The van der Waals surface area contributed by atoms with Gasteiger partial charge >= 0.3 is 0 Å².